The summed E-state index contributed by atoms with van der Waals surface area (Å²) in [6.07, 6.45) is 2.58. The molecule has 1 aromatic carbocycles. The second kappa shape index (κ2) is 7.11. The molecule has 1 heterocycles. The van der Waals surface area contributed by atoms with Gasteiger partial charge in [-0.2, -0.15) is 5.26 Å². The number of hydrogen-bond donors (Lipinski definition) is 1. The van der Waals surface area contributed by atoms with E-state index >= 15 is 0 Å². The maximum atomic E-state index is 12.6. The summed E-state index contributed by atoms with van der Waals surface area (Å²) < 4.78 is 25.0. The van der Waals surface area contributed by atoms with Crippen LogP contribution in [0.4, 0.5) is 0 Å². The third-order valence-electron chi connectivity index (χ3n) is 4.03. The molecule has 1 N–H and O–H groups in total. The molecule has 3 atom stereocenters. The highest BCUT2D eigenvalue weighted by molar-refractivity contribution is 7.88. The van der Waals surface area contributed by atoms with Crippen LogP contribution in [0.15, 0.2) is 30.3 Å². The average molecular weight is 335 g/mol. The minimum absolute atomic E-state index is 0.223. The number of nitriles is 1. The molecule has 6 nitrogen and oxygen atoms in total. The molecule has 0 bridgehead atoms. The van der Waals surface area contributed by atoms with Gasteiger partial charge in [0.1, 0.15) is 0 Å². The van der Waals surface area contributed by atoms with Gasteiger partial charge in [0.25, 0.3) is 0 Å². The van der Waals surface area contributed by atoms with E-state index in [9.17, 15) is 18.5 Å². The second-order valence-electron chi connectivity index (χ2n) is 5.87. The number of hydrogen-bond acceptors (Lipinski definition) is 4. The topological polar surface area (TPSA) is 90.3 Å². The maximum Gasteiger partial charge on any atom is 0.240 e. The van der Waals surface area contributed by atoms with E-state index in [2.05, 4.69) is 10.8 Å². The largest absolute Gasteiger partial charge is 0.337 e. The maximum absolute atomic E-state index is 12.6. The Hall–Kier alpha value is -1.91. The van der Waals surface area contributed by atoms with Gasteiger partial charge < -0.3 is 4.90 Å². The first-order chi connectivity index (χ1) is 10.8. The van der Waals surface area contributed by atoms with Crippen molar-refractivity contribution < 1.29 is 13.2 Å². The van der Waals surface area contributed by atoms with E-state index in [0.717, 1.165) is 24.7 Å². The Labute approximate surface area is 137 Å². The number of sulfonamides is 1. The fraction of sp³-hybridized carbons (Fsp3) is 0.500. The summed E-state index contributed by atoms with van der Waals surface area (Å²) in [4.78, 5) is 14.2. The summed E-state index contributed by atoms with van der Waals surface area (Å²) in [5, 5.41) is 9.57. The monoisotopic (exact) mass is 335 g/mol. The Bertz CT molecular complexity index is 697. The summed E-state index contributed by atoms with van der Waals surface area (Å²) in [5.41, 5.74) is 0.878. The molecule has 3 unspecified atom stereocenters. The number of carbonyl (C=O) groups excluding carboxylic acids is 1. The van der Waals surface area contributed by atoms with E-state index in [-0.39, 0.29) is 11.9 Å². The Balaban J connectivity index is 2.19. The molecule has 1 aliphatic rings. The molecule has 1 fully saturated rings. The second-order valence-corrected chi connectivity index (χ2v) is 7.65. The van der Waals surface area contributed by atoms with Gasteiger partial charge in [-0.1, -0.05) is 30.3 Å². The van der Waals surface area contributed by atoms with Crippen molar-refractivity contribution in [1.29, 1.82) is 5.26 Å². The zero-order chi connectivity index (χ0) is 17.0. The molecule has 1 saturated heterocycles. The molecule has 0 aliphatic carbocycles. The molecule has 7 heteroatoms. The van der Waals surface area contributed by atoms with E-state index in [0.29, 0.717) is 6.54 Å². The van der Waals surface area contributed by atoms with E-state index in [1.807, 2.05) is 30.3 Å². The summed E-state index contributed by atoms with van der Waals surface area (Å²) in [6, 6.07) is 10.6. The van der Waals surface area contributed by atoms with Gasteiger partial charge >= 0.3 is 0 Å². The summed E-state index contributed by atoms with van der Waals surface area (Å²) >= 11 is 0. The van der Waals surface area contributed by atoms with Crippen molar-refractivity contribution in [1.82, 2.24) is 9.62 Å². The van der Waals surface area contributed by atoms with Gasteiger partial charge in [0.2, 0.25) is 15.9 Å². The molecule has 0 aromatic heterocycles. The number of nitrogens with one attached hydrogen (secondary N) is 1. The molecule has 0 spiro atoms. The number of amides is 1. The van der Waals surface area contributed by atoms with Crippen LogP contribution in [0.5, 0.6) is 0 Å². The van der Waals surface area contributed by atoms with Crippen LogP contribution in [-0.4, -0.2) is 44.1 Å². The third-order valence-corrected chi connectivity index (χ3v) is 4.81. The Morgan fingerprint density at radius 2 is 2.04 bits per heavy atom. The standard InChI is InChI=1S/C16H21N3O3S/c1-12(18-23(2,21)22)16(20)19-10-6-9-15(19)14(11-17)13-7-4-3-5-8-13/h3-5,7-8,12,14-15,18H,6,9-10H2,1-2H3. The summed E-state index contributed by atoms with van der Waals surface area (Å²) in [6.45, 7) is 2.08. The Kier molecular flexibility index (Phi) is 5.39. The third kappa shape index (κ3) is 4.30. The number of carbonyl (C=O) groups is 1. The van der Waals surface area contributed by atoms with Crippen molar-refractivity contribution in [3.8, 4) is 6.07 Å². The lowest BCUT2D eigenvalue weighted by Gasteiger charge is -2.30. The van der Waals surface area contributed by atoms with Crippen LogP contribution in [-0.2, 0) is 14.8 Å². The SMILES string of the molecule is CC(NS(C)(=O)=O)C(=O)N1CCCC1C(C#N)c1ccccc1. The number of nitrogens with zero attached hydrogens (tertiary/aromatic N) is 2. The first-order valence-corrected chi connectivity index (χ1v) is 9.45. The molecular weight excluding hydrogens is 314 g/mol. The first kappa shape index (κ1) is 17.4. The molecule has 1 amide bonds. The number of likely N-dealkylation sites (tertiary alicyclic amines) is 1. The van der Waals surface area contributed by atoms with E-state index in [1.54, 1.807) is 4.90 Å². The molecule has 1 aliphatic heterocycles. The highest BCUT2D eigenvalue weighted by Gasteiger charge is 2.37. The normalized spacial score (nSPS) is 20.7. The fourth-order valence-electron chi connectivity index (χ4n) is 3.08. The van der Waals surface area contributed by atoms with Gasteiger partial charge in [0, 0.05) is 6.54 Å². The minimum Gasteiger partial charge on any atom is -0.337 e. The summed E-state index contributed by atoms with van der Waals surface area (Å²) in [5.74, 6) is -0.692. The summed E-state index contributed by atoms with van der Waals surface area (Å²) in [7, 11) is -3.46. The average Bonchev–Trinajstić information content (AvgIpc) is 2.96. The van der Waals surface area contributed by atoms with E-state index in [4.69, 9.17) is 0 Å². The lowest BCUT2D eigenvalue weighted by atomic mass is 9.91. The van der Waals surface area contributed by atoms with Gasteiger partial charge in [-0.3, -0.25) is 4.79 Å². The first-order valence-electron chi connectivity index (χ1n) is 7.56. The van der Waals surface area contributed by atoms with Crippen LogP contribution in [0.1, 0.15) is 31.2 Å². The fourth-order valence-corrected chi connectivity index (χ4v) is 3.82. The van der Waals surface area contributed by atoms with Crippen LogP contribution in [0, 0.1) is 11.3 Å². The van der Waals surface area contributed by atoms with Gasteiger partial charge in [-0.15, -0.1) is 0 Å². The number of benzene rings is 1. The smallest absolute Gasteiger partial charge is 0.240 e. The number of rotatable bonds is 5. The van der Waals surface area contributed by atoms with E-state index < -0.39 is 22.0 Å². The zero-order valence-corrected chi connectivity index (χ0v) is 14.1. The van der Waals surface area contributed by atoms with Crippen LogP contribution >= 0.6 is 0 Å². The lowest BCUT2D eigenvalue weighted by Crippen LogP contribution is -2.49. The van der Waals surface area contributed by atoms with Gasteiger partial charge in [0.15, 0.2) is 0 Å². The van der Waals surface area contributed by atoms with Crippen molar-refractivity contribution in [3.63, 3.8) is 0 Å². The Morgan fingerprint density at radius 3 is 2.61 bits per heavy atom. The van der Waals surface area contributed by atoms with Crippen LogP contribution < -0.4 is 4.72 Å². The van der Waals surface area contributed by atoms with Gasteiger partial charge in [0.05, 0.1) is 30.3 Å². The van der Waals surface area contributed by atoms with E-state index in [1.165, 1.54) is 6.92 Å². The molecule has 124 valence electrons. The van der Waals surface area contributed by atoms with Crippen LogP contribution in [0.3, 0.4) is 0 Å². The molecule has 0 saturated carbocycles. The minimum atomic E-state index is -3.46. The highest BCUT2D eigenvalue weighted by Crippen LogP contribution is 2.31. The lowest BCUT2D eigenvalue weighted by molar-refractivity contribution is -0.133. The van der Waals surface area contributed by atoms with Crippen molar-refractivity contribution in [2.24, 2.45) is 0 Å². The predicted molar refractivity (Wildman–Crippen MR) is 87.0 cm³/mol. The Morgan fingerprint density at radius 1 is 1.39 bits per heavy atom. The van der Waals surface area contributed by atoms with Crippen molar-refractivity contribution in [2.75, 3.05) is 12.8 Å². The van der Waals surface area contributed by atoms with Crippen molar-refractivity contribution in [3.05, 3.63) is 35.9 Å². The van der Waals surface area contributed by atoms with Crippen molar-refractivity contribution in [2.45, 2.75) is 37.8 Å². The molecule has 0 radical (unpaired) electrons. The quantitative estimate of drug-likeness (QED) is 0.876. The molecule has 2 rings (SSSR count). The molecular formula is C16H21N3O3S. The predicted octanol–water partition coefficient (Wildman–Crippen LogP) is 1.22. The molecule has 1 aromatic rings. The molecule has 23 heavy (non-hydrogen) atoms. The zero-order valence-electron chi connectivity index (χ0n) is 13.3. The highest BCUT2D eigenvalue weighted by atomic mass is 32.2. The van der Waals surface area contributed by atoms with Crippen molar-refractivity contribution >= 4 is 15.9 Å². The van der Waals surface area contributed by atoms with Gasteiger partial charge in [-0.25, -0.2) is 13.1 Å². The van der Waals surface area contributed by atoms with Gasteiger partial charge in [-0.05, 0) is 25.3 Å². The van der Waals surface area contributed by atoms with Crippen LogP contribution in [0.25, 0.3) is 0 Å². The van der Waals surface area contributed by atoms with Crippen LogP contribution in [0.2, 0.25) is 0 Å².